The second kappa shape index (κ2) is 15.4. The minimum Gasteiger partial charge on any atom is -0.336 e. The van der Waals surface area contributed by atoms with E-state index in [1.807, 2.05) is 60.7 Å². The van der Waals surface area contributed by atoms with Crippen LogP contribution in [0.2, 0.25) is 0 Å². The maximum Gasteiger partial charge on any atom is 0.252 e. The normalized spacial score (nSPS) is 16.3. The van der Waals surface area contributed by atoms with Crippen LogP contribution in [0.15, 0.2) is 60.7 Å². The number of hydrogen-bond acceptors (Lipinski definition) is 4. The van der Waals surface area contributed by atoms with Gasteiger partial charge in [-0.3, -0.25) is 19.4 Å². The molecule has 1 heterocycles. The van der Waals surface area contributed by atoms with Gasteiger partial charge < -0.3 is 10.6 Å². The number of amides is 2. The first-order chi connectivity index (χ1) is 17.6. The van der Waals surface area contributed by atoms with Gasteiger partial charge in [0.05, 0.1) is 12.3 Å². The second-order valence-corrected chi connectivity index (χ2v) is 9.77. The molecule has 3 rings (SSSR count). The molecule has 2 unspecified atom stereocenters. The lowest BCUT2D eigenvalue weighted by Crippen LogP contribution is -2.60. The van der Waals surface area contributed by atoms with Gasteiger partial charge in [-0.1, -0.05) is 88.8 Å². The molecule has 196 valence electrons. The Bertz CT molecular complexity index is 822. The topological polar surface area (TPSA) is 64.7 Å². The van der Waals surface area contributed by atoms with E-state index < -0.39 is 0 Å². The van der Waals surface area contributed by atoms with Crippen LogP contribution in [0, 0.1) is 0 Å². The monoisotopic (exact) mass is 492 g/mol. The van der Waals surface area contributed by atoms with Crippen molar-refractivity contribution < 1.29 is 9.59 Å². The zero-order valence-corrected chi connectivity index (χ0v) is 22.1. The molecule has 1 fully saturated rings. The Morgan fingerprint density at radius 1 is 0.639 bits per heavy atom. The van der Waals surface area contributed by atoms with Gasteiger partial charge in [0.2, 0.25) is 0 Å². The number of carbonyl (C=O) groups is 2. The zero-order chi connectivity index (χ0) is 25.6. The molecule has 0 aliphatic carbocycles. The lowest BCUT2D eigenvalue weighted by Gasteiger charge is -2.42. The SMILES string of the molecule is CCCCCC(NC(=O)c1ccccc1)N1CCN(C(CCCCC)NC(=O)c2ccccc2)CC1. The molecule has 2 aromatic rings. The van der Waals surface area contributed by atoms with E-state index in [9.17, 15) is 9.59 Å². The molecule has 2 atom stereocenters. The molecule has 6 nitrogen and oxygen atoms in total. The van der Waals surface area contributed by atoms with E-state index >= 15 is 0 Å². The molecule has 0 radical (unpaired) electrons. The van der Waals surface area contributed by atoms with E-state index in [1.54, 1.807) is 0 Å². The van der Waals surface area contributed by atoms with Crippen molar-refractivity contribution in [1.82, 2.24) is 20.4 Å². The predicted octanol–water partition coefficient (Wildman–Crippen LogP) is 5.28. The largest absolute Gasteiger partial charge is 0.336 e. The number of hydrogen-bond donors (Lipinski definition) is 2. The second-order valence-electron chi connectivity index (χ2n) is 9.77. The summed E-state index contributed by atoms with van der Waals surface area (Å²) in [7, 11) is 0. The highest BCUT2D eigenvalue weighted by atomic mass is 16.2. The van der Waals surface area contributed by atoms with Crippen LogP contribution in [-0.2, 0) is 0 Å². The number of nitrogens with zero attached hydrogens (tertiary/aromatic N) is 2. The van der Waals surface area contributed by atoms with Gasteiger partial charge in [-0.25, -0.2) is 0 Å². The molecule has 0 spiro atoms. The van der Waals surface area contributed by atoms with Crippen molar-refractivity contribution in [2.24, 2.45) is 0 Å². The lowest BCUT2D eigenvalue weighted by atomic mass is 10.1. The molecule has 0 aromatic heterocycles. The smallest absolute Gasteiger partial charge is 0.252 e. The van der Waals surface area contributed by atoms with E-state index in [1.165, 1.54) is 12.8 Å². The lowest BCUT2D eigenvalue weighted by molar-refractivity contribution is 0.0371. The predicted molar refractivity (Wildman–Crippen MR) is 147 cm³/mol. The van der Waals surface area contributed by atoms with Crippen LogP contribution in [0.5, 0.6) is 0 Å². The Morgan fingerprint density at radius 3 is 1.33 bits per heavy atom. The van der Waals surface area contributed by atoms with Crippen molar-refractivity contribution in [1.29, 1.82) is 0 Å². The third kappa shape index (κ3) is 8.75. The van der Waals surface area contributed by atoms with Gasteiger partial charge in [0.1, 0.15) is 0 Å². The van der Waals surface area contributed by atoms with Crippen LogP contribution in [0.25, 0.3) is 0 Å². The van der Waals surface area contributed by atoms with Crippen molar-refractivity contribution in [2.45, 2.75) is 77.5 Å². The molecule has 36 heavy (non-hydrogen) atoms. The van der Waals surface area contributed by atoms with E-state index in [-0.39, 0.29) is 24.1 Å². The molecule has 0 bridgehead atoms. The van der Waals surface area contributed by atoms with Crippen LogP contribution in [0.3, 0.4) is 0 Å². The maximum absolute atomic E-state index is 12.9. The Hall–Kier alpha value is -2.70. The summed E-state index contributed by atoms with van der Waals surface area (Å²) in [5.74, 6) is -0.0146. The van der Waals surface area contributed by atoms with E-state index in [0.29, 0.717) is 11.1 Å². The summed E-state index contributed by atoms with van der Waals surface area (Å²) < 4.78 is 0. The first kappa shape index (κ1) is 27.9. The molecule has 1 aliphatic rings. The number of piperazine rings is 1. The van der Waals surface area contributed by atoms with Crippen LogP contribution >= 0.6 is 0 Å². The van der Waals surface area contributed by atoms with Crippen molar-refractivity contribution in [3.63, 3.8) is 0 Å². The van der Waals surface area contributed by atoms with Crippen LogP contribution in [-0.4, -0.2) is 60.1 Å². The van der Waals surface area contributed by atoms with E-state index in [2.05, 4.69) is 34.3 Å². The first-order valence-corrected chi connectivity index (χ1v) is 13.8. The fourth-order valence-corrected chi connectivity index (χ4v) is 4.88. The highest BCUT2D eigenvalue weighted by Gasteiger charge is 2.29. The Balaban J connectivity index is 1.61. The summed E-state index contributed by atoms with van der Waals surface area (Å²) in [5, 5.41) is 6.60. The molecular formula is C30H44N4O2. The summed E-state index contributed by atoms with van der Waals surface area (Å²) in [6.45, 7) is 7.90. The summed E-state index contributed by atoms with van der Waals surface area (Å²) in [5.41, 5.74) is 1.41. The Labute approximate surface area is 217 Å². The third-order valence-corrected chi connectivity index (χ3v) is 7.06. The van der Waals surface area contributed by atoms with Crippen LogP contribution < -0.4 is 10.6 Å². The molecule has 2 aromatic carbocycles. The van der Waals surface area contributed by atoms with Crippen molar-refractivity contribution in [3.05, 3.63) is 71.8 Å². The number of benzene rings is 2. The average Bonchev–Trinajstić information content (AvgIpc) is 2.93. The van der Waals surface area contributed by atoms with Gasteiger partial charge in [0.25, 0.3) is 11.8 Å². The number of carbonyl (C=O) groups excluding carboxylic acids is 2. The standard InChI is InChI=1S/C30H44N4O2/c1-3-5-9-19-27(31-29(35)25-15-11-7-12-16-25)33-21-23-34(24-22-33)28(20-10-6-4-2)32-30(36)26-17-13-8-14-18-26/h7-8,11-18,27-28H,3-6,9-10,19-24H2,1-2H3,(H,31,35)(H,32,36). The number of rotatable bonds is 14. The van der Waals surface area contributed by atoms with E-state index in [4.69, 9.17) is 0 Å². The maximum atomic E-state index is 12.9. The average molecular weight is 493 g/mol. The molecule has 1 saturated heterocycles. The van der Waals surface area contributed by atoms with Crippen molar-refractivity contribution in [3.8, 4) is 0 Å². The fourth-order valence-electron chi connectivity index (χ4n) is 4.88. The zero-order valence-electron chi connectivity index (χ0n) is 22.1. The fraction of sp³-hybridized carbons (Fsp3) is 0.533. The highest BCUT2D eigenvalue weighted by molar-refractivity contribution is 5.94. The quantitative estimate of drug-likeness (QED) is 0.352. The molecular weight excluding hydrogens is 448 g/mol. The molecule has 2 amide bonds. The Morgan fingerprint density at radius 2 is 1.00 bits per heavy atom. The molecule has 6 heteroatoms. The molecule has 2 N–H and O–H groups in total. The van der Waals surface area contributed by atoms with Crippen molar-refractivity contribution in [2.75, 3.05) is 26.2 Å². The van der Waals surface area contributed by atoms with Crippen LogP contribution in [0.4, 0.5) is 0 Å². The van der Waals surface area contributed by atoms with Gasteiger partial charge in [0.15, 0.2) is 0 Å². The number of nitrogens with one attached hydrogen (secondary N) is 2. The molecule has 1 aliphatic heterocycles. The summed E-state index contributed by atoms with van der Waals surface area (Å²) in [4.78, 5) is 30.6. The first-order valence-electron chi connectivity index (χ1n) is 13.8. The minimum absolute atomic E-state index is 0.00732. The third-order valence-electron chi connectivity index (χ3n) is 7.06. The van der Waals surface area contributed by atoms with Gasteiger partial charge in [-0.05, 0) is 37.1 Å². The Kier molecular flexibility index (Phi) is 11.9. The van der Waals surface area contributed by atoms with E-state index in [0.717, 1.165) is 64.7 Å². The number of unbranched alkanes of at least 4 members (excludes halogenated alkanes) is 4. The highest BCUT2D eigenvalue weighted by Crippen LogP contribution is 2.16. The van der Waals surface area contributed by atoms with Crippen LogP contribution in [0.1, 0.15) is 85.9 Å². The minimum atomic E-state index is -0.00732. The molecule has 0 saturated carbocycles. The van der Waals surface area contributed by atoms with Gasteiger partial charge in [-0.15, -0.1) is 0 Å². The van der Waals surface area contributed by atoms with Gasteiger partial charge in [-0.2, -0.15) is 0 Å². The van der Waals surface area contributed by atoms with Gasteiger partial charge in [0, 0.05) is 37.3 Å². The summed E-state index contributed by atoms with van der Waals surface area (Å²) in [6, 6.07) is 19.0. The van der Waals surface area contributed by atoms with Crippen molar-refractivity contribution >= 4 is 11.8 Å². The summed E-state index contributed by atoms with van der Waals surface area (Å²) in [6.07, 6.45) is 8.83. The van der Waals surface area contributed by atoms with Gasteiger partial charge >= 0.3 is 0 Å². The summed E-state index contributed by atoms with van der Waals surface area (Å²) >= 11 is 0.